The fourth-order valence-electron chi connectivity index (χ4n) is 2.39. The molecule has 0 saturated carbocycles. The Bertz CT molecular complexity index is 546. The molecule has 1 aromatic heterocycles. The molecular weight excluding hydrogens is 232 g/mol. The van der Waals surface area contributed by atoms with Crippen LogP contribution in [0.25, 0.3) is 0 Å². The van der Waals surface area contributed by atoms with Gasteiger partial charge in [-0.3, -0.25) is 14.3 Å². The summed E-state index contributed by atoms with van der Waals surface area (Å²) < 4.78 is 2.63. The molecule has 1 fully saturated rings. The van der Waals surface area contributed by atoms with Gasteiger partial charge in [-0.15, -0.1) is 0 Å². The maximum absolute atomic E-state index is 12.0. The van der Waals surface area contributed by atoms with Crippen molar-refractivity contribution in [1.29, 1.82) is 0 Å². The van der Waals surface area contributed by atoms with Gasteiger partial charge in [0.25, 0.3) is 5.56 Å². The van der Waals surface area contributed by atoms with E-state index >= 15 is 0 Å². The molecule has 0 aromatic carbocycles. The van der Waals surface area contributed by atoms with Crippen molar-refractivity contribution in [2.75, 3.05) is 19.6 Å². The number of rotatable bonds is 2. The Morgan fingerprint density at radius 1 is 1.39 bits per heavy atom. The zero-order valence-electron chi connectivity index (χ0n) is 11.1. The van der Waals surface area contributed by atoms with E-state index in [4.69, 9.17) is 0 Å². The highest BCUT2D eigenvalue weighted by molar-refractivity contribution is 5.05. The summed E-state index contributed by atoms with van der Waals surface area (Å²) in [7, 11) is 3.19. The first-order valence-corrected chi connectivity index (χ1v) is 6.20. The van der Waals surface area contributed by atoms with Gasteiger partial charge in [0.1, 0.15) is 0 Å². The van der Waals surface area contributed by atoms with Gasteiger partial charge < -0.3 is 9.88 Å². The smallest absolute Gasteiger partial charge is 0.312 e. The van der Waals surface area contributed by atoms with Crippen LogP contribution in [0, 0.1) is 0 Å². The van der Waals surface area contributed by atoms with Crippen molar-refractivity contribution in [2.45, 2.75) is 19.5 Å². The van der Waals surface area contributed by atoms with Crippen LogP contribution < -0.4 is 16.6 Å². The zero-order valence-corrected chi connectivity index (χ0v) is 11.1. The number of nitrogens with one attached hydrogen (secondary N) is 1. The number of piperazine rings is 1. The van der Waals surface area contributed by atoms with Crippen molar-refractivity contribution in [3.63, 3.8) is 0 Å². The quantitative estimate of drug-likeness (QED) is 0.724. The standard InChI is InChI=1S/C12H20N4O2/c1-9-6-16(5-4-13-9)8-10-7-14(2)12(18)15(3)11(10)17/h7,9,13H,4-6,8H2,1-3H3/t9-/m0/s1. The van der Waals surface area contributed by atoms with Crippen LogP contribution in [0.4, 0.5) is 0 Å². The third-order valence-electron chi connectivity index (χ3n) is 3.36. The molecule has 18 heavy (non-hydrogen) atoms. The summed E-state index contributed by atoms with van der Waals surface area (Å²) in [6, 6.07) is 0.440. The lowest BCUT2D eigenvalue weighted by Gasteiger charge is -2.31. The fraction of sp³-hybridized carbons (Fsp3) is 0.667. The fourth-order valence-corrected chi connectivity index (χ4v) is 2.39. The first-order valence-electron chi connectivity index (χ1n) is 6.20. The van der Waals surface area contributed by atoms with Crippen molar-refractivity contribution >= 4 is 0 Å². The predicted octanol–water partition coefficient (Wildman–Crippen LogP) is -1.12. The molecule has 6 nitrogen and oxygen atoms in total. The van der Waals surface area contributed by atoms with E-state index in [2.05, 4.69) is 17.1 Å². The highest BCUT2D eigenvalue weighted by atomic mass is 16.2. The third-order valence-corrected chi connectivity index (χ3v) is 3.36. The SMILES string of the molecule is C[C@H]1CN(Cc2cn(C)c(=O)n(C)c2=O)CCN1. The second-order valence-corrected chi connectivity index (χ2v) is 5.00. The van der Waals surface area contributed by atoms with E-state index in [0.717, 1.165) is 19.6 Å². The zero-order chi connectivity index (χ0) is 13.3. The van der Waals surface area contributed by atoms with Crippen LogP contribution in [0.15, 0.2) is 15.8 Å². The Hall–Kier alpha value is -1.40. The first kappa shape index (κ1) is 13.0. The Morgan fingerprint density at radius 3 is 2.78 bits per heavy atom. The van der Waals surface area contributed by atoms with E-state index < -0.39 is 0 Å². The van der Waals surface area contributed by atoms with Gasteiger partial charge in [-0.1, -0.05) is 0 Å². The summed E-state index contributed by atoms with van der Waals surface area (Å²) >= 11 is 0. The molecule has 1 atom stereocenters. The van der Waals surface area contributed by atoms with Crippen LogP contribution in [-0.4, -0.2) is 39.7 Å². The molecule has 0 unspecified atom stereocenters. The highest BCUT2D eigenvalue weighted by Gasteiger charge is 2.17. The molecule has 6 heteroatoms. The van der Waals surface area contributed by atoms with Gasteiger partial charge in [-0.05, 0) is 6.92 Å². The minimum atomic E-state index is -0.280. The number of hydrogen-bond acceptors (Lipinski definition) is 4. The largest absolute Gasteiger partial charge is 0.330 e. The molecule has 0 aliphatic carbocycles. The maximum Gasteiger partial charge on any atom is 0.330 e. The number of aryl methyl sites for hydroxylation is 1. The van der Waals surface area contributed by atoms with Crippen molar-refractivity contribution in [3.05, 3.63) is 32.6 Å². The summed E-state index contributed by atoms with van der Waals surface area (Å²) in [6.45, 7) is 5.52. The van der Waals surface area contributed by atoms with Crippen molar-refractivity contribution < 1.29 is 0 Å². The number of aromatic nitrogens is 2. The molecule has 1 N–H and O–H groups in total. The van der Waals surface area contributed by atoms with Crippen LogP contribution in [-0.2, 0) is 20.6 Å². The van der Waals surface area contributed by atoms with Crippen molar-refractivity contribution in [2.24, 2.45) is 14.1 Å². The Labute approximate surface area is 106 Å². The summed E-state index contributed by atoms with van der Waals surface area (Å²) in [5.41, 5.74) is 0.204. The third kappa shape index (κ3) is 2.54. The van der Waals surface area contributed by atoms with Gasteiger partial charge in [0.05, 0.1) is 0 Å². The van der Waals surface area contributed by atoms with Crippen molar-refractivity contribution in [3.8, 4) is 0 Å². The van der Waals surface area contributed by atoms with E-state index in [1.807, 2.05) is 0 Å². The lowest BCUT2D eigenvalue weighted by molar-refractivity contribution is 0.198. The molecule has 1 saturated heterocycles. The molecule has 0 radical (unpaired) electrons. The average molecular weight is 252 g/mol. The monoisotopic (exact) mass is 252 g/mol. The van der Waals surface area contributed by atoms with Gasteiger partial charge in [0, 0.05) is 58.1 Å². The molecule has 0 spiro atoms. The lowest BCUT2D eigenvalue weighted by atomic mass is 10.2. The Balaban J connectivity index is 2.24. The topological polar surface area (TPSA) is 59.3 Å². The van der Waals surface area contributed by atoms with Crippen LogP contribution >= 0.6 is 0 Å². The van der Waals surface area contributed by atoms with Crippen LogP contribution in [0.5, 0.6) is 0 Å². The predicted molar refractivity (Wildman–Crippen MR) is 69.7 cm³/mol. The summed E-state index contributed by atoms with van der Waals surface area (Å²) in [6.07, 6.45) is 1.65. The molecule has 1 aliphatic rings. The van der Waals surface area contributed by atoms with E-state index in [-0.39, 0.29) is 11.2 Å². The Kier molecular flexibility index (Phi) is 3.68. The molecule has 0 bridgehead atoms. The normalized spacial score (nSPS) is 21.2. The van der Waals surface area contributed by atoms with Crippen LogP contribution in [0.1, 0.15) is 12.5 Å². The van der Waals surface area contributed by atoms with Gasteiger partial charge in [-0.2, -0.15) is 0 Å². The molecule has 1 aliphatic heterocycles. The van der Waals surface area contributed by atoms with Gasteiger partial charge in [0.15, 0.2) is 0 Å². The molecule has 2 heterocycles. The van der Waals surface area contributed by atoms with E-state index in [1.165, 1.54) is 16.2 Å². The minimum Gasteiger partial charge on any atom is -0.312 e. The van der Waals surface area contributed by atoms with E-state index in [1.54, 1.807) is 13.2 Å². The first-order chi connectivity index (χ1) is 8.49. The summed E-state index contributed by atoms with van der Waals surface area (Å²) in [4.78, 5) is 25.8. The molecule has 100 valence electrons. The molecule has 1 aromatic rings. The van der Waals surface area contributed by atoms with E-state index in [0.29, 0.717) is 18.2 Å². The highest BCUT2D eigenvalue weighted by Crippen LogP contribution is 2.03. The molecule has 2 rings (SSSR count). The molecule has 0 amide bonds. The lowest BCUT2D eigenvalue weighted by Crippen LogP contribution is -2.49. The van der Waals surface area contributed by atoms with E-state index in [9.17, 15) is 9.59 Å². The van der Waals surface area contributed by atoms with Crippen molar-refractivity contribution in [1.82, 2.24) is 19.4 Å². The van der Waals surface area contributed by atoms with Gasteiger partial charge >= 0.3 is 5.69 Å². The second-order valence-electron chi connectivity index (χ2n) is 5.00. The van der Waals surface area contributed by atoms with Gasteiger partial charge in [-0.25, -0.2) is 4.79 Å². The number of hydrogen-bond donors (Lipinski definition) is 1. The molecular formula is C12H20N4O2. The van der Waals surface area contributed by atoms with Crippen LogP contribution in [0.3, 0.4) is 0 Å². The Morgan fingerprint density at radius 2 is 2.11 bits per heavy atom. The summed E-state index contributed by atoms with van der Waals surface area (Å²) in [5.74, 6) is 0. The summed E-state index contributed by atoms with van der Waals surface area (Å²) in [5, 5.41) is 3.36. The maximum atomic E-state index is 12.0. The second kappa shape index (κ2) is 5.07. The van der Waals surface area contributed by atoms with Gasteiger partial charge in [0.2, 0.25) is 0 Å². The average Bonchev–Trinajstić information content (AvgIpc) is 2.33. The minimum absolute atomic E-state index is 0.190. The van der Waals surface area contributed by atoms with Crippen LogP contribution in [0.2, 0.25) is 0 Å². The number of nitrogens with zero attached hydrogens (tertiary/aromatic N) is 3.